The molecule has 7 heteroatoms. The SMILES string of the molecule is CCOc1cc(CNCCCOc2ccccn2)cc(Br)c1OCc1cccc(Cl)c1. The van der Waals surface area contributed by atoms with Crippen LogP contribution in [0.3, 0.4) is 0 Å². The molecule has 3 aromatic rings. The van der Waals surface area contributed by atoms with Crippen LogP contribution in [0.4, 0.5) is 0 Å². The third-order valence-electron chi connectivity index (χ3n) is 4.36. The minimum absolute atomic E-state index is 0.410. The number of pyridine rings is 1. The highest BCUT2D eigenvalue weighted by Crippen LogP contribution is 2.37. The number of nitrogens with zero attached hydrogens (tertiary/aromatic N) is 1. The second-order valence-corrected chi connectivity index (χ2v) is 8.09. The Kier molecular flexibility index (Phi) is 9.46. The quantitative estimate of drug-likeness (QED) is 0.304. The number of ether oxygens (including phenoxy) is 3. The van der Waals surface area contributed by atoms with E-state index in [1.54, 1.807) is 6.20 Å². The number of hydrogen-bond acceptors (Lipinski definition) is 5. The van der Waals surface area contributed by atoms with E-state index in [2.05, 4.69) is 26.2 Å². The maximum absolute atomic E-state index is 6.06. The molecule has 164 valence electrons. The van der Waals surface area contributed by atoms with Crippen molar-refractivity contribution in [3.05, 3.63) is 81.4 Å². The van der Waals surface area contributed by atoms with E-state index in [4.69, 9.17) is 25.8 Å². The number of aromatic nitrogens is 1. The molecule has 5 nitrogen and oxygen atoms in total. The van der Waals surface area contributed by atoms with Gasteiger partial charge in [0.05, 0.1) is 17.7 Å². The van der Waals surface area contributed by atoms with Gasteiger partial charge in [0, 0.05) is 23.8 Å². The molecular formula is C24H26BrClN2O3. The maximum atomic E-state index is 6.06. The first-order valence-electron chi connectivity index (χ1n) is 10.2. The van der Waals surface area contributed by atoms with E-state index in [1.165, 1.54) is 0 Å². The van der Waals surface area contributed by atoms with Crippen LogP contribution in [0, 0.1) is 0 Å². The van der Waals surface area contributed by atoms with Gasteiger partial charge in [-0.15, -0.1) is 0 Å². The van der Waals surface area contributed by atoms with Gasteiger partial charge in [-0.3, -0.25) is 0 Å². The van der Waals surface area contributed by atoms with E-state index in [-0.39, 0.29) is 0 Å². The summed E-state index contributed by atoms with van der Waals surface area (Å²) in [6.07, 6.45) is 2.61. The van der Waals surface area contributed by atoms with Gasteiger partial charge in [-0.1, -0.05) is 29.8 Å². The zero-order valence-electron chi connectivity index (χ0n) is 17.4. The highest BCUT2D eigenvalue weighted by molar-refractivity contribution is 9.10. The maximum Gasteiger partial charge on any atom is 0.213 e. The van der Waals surface area contributed by atoms with Crippen LogP contribution < -0.4 is 19.5 Å². The smallest absolute Gasteiger partial charge is 0.213 e. The Labute approximate surface area is 196 Å². The van der Waals surface area contributed by atoms with Gasteiger partial charge in [-0.05, 0) is 77.3 Å². The Morgan fingerprint density at radius 1 is 1.00 bits per heavy atom. The zero-order chi connectivity index (χ0) is 21.9. The average Bonchev–Trinajstić information content (AvgIpc) is 2.76. The number of benzene rings is 2. The molecule has 1 N–H and O–H groups in total. The summed E-state index contributed by atoms with van der Waals surface area (Å²) in [6.45, 7) is 5.10. The normalized spacial score (nSPS) is 10.7. The van der Waals surface area contributed by atoms with Crippen LogP contribution in [0.5, 0.6) is 17.4 Å². The van der Waals surface area contributed by atoms with E-state index in [9.17, 15) is 0 Å². The molecule has 0 fully saturated rings. The van der Waals surface area contributed by atoms with Gasteiger partial charge in [0.2, 0.25) is 5.88 Å². The highest BCUT2D eigenvalue weighted by Gasteiger charge is 2.13. The topological polar surface area (TPSA) is 52.6 Å². The lowest BCUT2D eigenvalue weighted by molar-refractivity contribution is 0.267. The first kappa shape index (κ1) is 23.4. The lowest BCUT2D eigenvalue weighted by atomic mass is 10.2. The third kappa shape index (κ3) is 7.73. The molecule has 0 radical (unpaired) electrons. The van der Waals surface area contributed by atoms with E-state index in [1.807, 2.05) is 61.5 Å². The van der Waals surface area contributed by atoms with Gasteiger partial charge in [-0.2, -0.15) is 0 Å². The Balaban J connectivity index is 1.51. The highest BCUT2D eigenvalue weighted by atomic mass is 79.9. The molecule has 1 aromatic heterocycles. The minimum atomic E-state index is 0.410. The summed E-state index contributed by atoms with van der Waals surface area (Å²) in [5.41, 5.74) is 2.11. The summed E-state index contributed by atoms with van der Waals surface area (Å²) in [6, 6.07) is 17.3. The number of hydrogen-bond donors (Lipinski definition) is 1. The largest absolute Gasteiger partial charge is 0.490 e. The predicted octanol–water partition coefficient (Wildman–Crippen LogP) is 6.03. The van der Waals surface area contributed by atoms with Crippen LogP contribution in [0.1, 0.15) is 24.5 Å². The van der Waals surface area contributed by atoms with Gasteiger partial charge in [0.15, 0.2) is 11.5 Å². The molecule has 1 heterocycles. The van der Waals surface area contributed by atoms with E-state index >= 15 is 0 Å². The summed E-state index contributed by atoms with van der Waals surface area (Å²) in [7, 11) is 0. The average molecular weight is 506 g/mol. The molecule has 0 aliphatic rings. The van der Waals surface area contributed by atoms with Gasteiger partial charge in [-0.25, -0.2) is 4.98 Å². The summed E-state index contributed by atoms with van der Waals surface area (Å²) in [4.78, 5) is 4.15. The second-order valence-electron chi connectivity index (χ2n) is 6.80. The molecule has 3 rings (SSSR count). The Morgan fingerprint density at radius 3 is 2.68 bits per heavy atom. The standard InChI is InChI=1S/C24H26BrClN2O3/c1-2-29-22-15-19(16-27-10-6-12-30-23-9-3-4-11-28-23)14-21(25)24(22)31-17-18-7-5-8-20(26)13-18/h3-5,7-9,11,13-15,27H,2,6,10,12,16-17H2,1H3. The molecule has 0 amide bonds. The lowest BCUT2D eigenvalue weighted by Crippen LogP contribution is -2.17. The first-order chi connectivity index (χ1) is 15.2. The van der Waals surface area contributed by atoms with Crippen LogP contribution in [0.25, 0.3) is 0 Å². The van der Waals surface area contributed by atoms with Crippen molar-refractivity contribution in [1.82, 2.24) is 10.3 Å². The predicted molar refractivity (Wildman–Crippen MR) is 127 cm³/mol. The summed E-state index contributed by atoms with van der Waals surface area (Å²) in [5, 5.41) is 4.13. The van der Waals surface area contributed by atoms with Crippen LogP contribution in [-0.2, 0) is 13.2 Å². The molecule has 0 saturated carbocycles. The summed E-state index contributed by atoms with van der Waals surface area (Å²) < 4.78 is 18.3. The fraction of sp³-hybridized carbons (Fsp3) is 0.292. The van der Waals surface area contributed by atoms with Gasteiger partial charge < -0.3 is 19.5 Å². The van der Waals surface area contributed by atoms with Gasteiger partial charge in [0.1, 0.15) is 6.61 Å². The van der Waals surface area contributed by atoms with Crippen LogP contribution in [0.15, 0.2) is 65.3 Å². The monoisotopic (exact) mass is 504 g/mol. The number of nitrogens with one attached hydrogen (secondary N) is 1. The fourth-order valence-corrected chi connectivity index (χ4v) is 3.76. The van der Waals surface area contributed by atoms with Gasteiger partial charge in [0.25, 0.3) is 0 Å². The first-order valence-corrected chi connectivity index (χ1v) is 11.4. The van der Waals surface area contributed by atoms with E-state index < -0.39 is 0 Å². The number of halogens is 2. The molecule has 0 atom stereocenters. The van der Waals surface area contributed by atoms with Crippen LogP contribution >= 0.6 is 27.5 Å². The third-order valence-corrected chi connectivity index (χ3v) is 5.18. The van der Waals surface area contributed by atoms with E-state index in [0.717, 1.165) is 35.1 Å². The molecular weight excluding hydrogens is 480 g/mol. The van der Waals surface area contributed by atoms with Crippen molar-refractivity contribution in [3.63, 3.8) is 0 Å². The van der Waals surface area contributed by atoms with Crippen molar-refractivity contribution in [3.8, 4) is 17.4 Å². The molecule has 0 saturated heterocycles. The Morgan fingerprint density at radius 2 is 1.90 bits per heavy atom. The molecule has 31 heavy (non-hydrogen) atoms. The van der Waals surface area contributed by atoms with Crippen molar-refractivity contribution in [1.29, 1.82) is 0 Å². The summed E-state index contributed by atoms with van der Waals surface area (Å²) >= 11 is 9.69. The molecule has 0 bridgehead atoms. The number of rotatable bonds is 12. The molecule has 0 aliphatic carbocycles. The van der Waals surface area contributed by atoms with E-state index in [0.29, 0.717) is 42.2 Å². The van der Waals surface area contributed by atoms with Gasteiger partial charge >= 0.3 is 0 Å². The Bertz CT molecular complexity index is 957. The second kappa shape index (κ2) is 12.5. The molecule has 0 unspecified atom stereocenters. The zero-order valence-corrected chi connectivity index (χ0v) is 19.8. The van der Waals surface area contributed by atoms with Crippen LogP contribution in [-0.4, -0.2) is 24.7 Å². The van der Waals surface area contributed by atoms with Crippen molar-refractivity contribution in [2.24, 2.45) is 0 Å². The van der Waals surface area contributed by atoms with Crippen molar-refractivity contribution in [2.75, 3.05) is 19.8 Å². The Hall–Kier alpha value is -2.28. The molecule has 2 aromatic carbocycles. The fourth-order valence-electron chi connectivity index (χ4n) is 2.95. The van der Waals surface area contributed by atoms with Crippen molar-refractivity contribution < 1.29 is 14.2 Å². The minimum Gasteiger partial charge on any atom is -0.490 e. The summed E-state index contributed by atoms with van der Waals surface area (Å²) in [5.74, 6) is 2.06. The molecule has 0 aliphatic heterocycles. The van der Waals surface area contributed by atoms with Crippen molar-refractivity contribution in [2.45, 2.75) is 26.5 Å². The molecule has 0 spiro atoms. The lowest BCUT2D eigenvalue weighted by Gasteiger charge is -2.16. The van der Waals surface area contributed by atoms with Crippen LogP contribution in [0.2, 0.25) is 5.02 Å². The van der Waals surface area contributed by atoms with Crippen molar-refractivity contribution >= 4 is 27.5 Å².